The lowest BCUT2D eigenvalue weighted by molar-refractivity contribution is 0.00506. The van der Waals surface area contributed by atoms with Crippen molar-refractivity contribution in [3.63, 3.8) is 0 Å². The summed E-state index contributed by atoms with van der Waals surface area (Å²) < 4.78 is 24.8. The van der Waals surface area contributed by atoms with Crippen molar-refractivity contribution in [1.29, 1.82) is 0 Å². The Morgan fingerprint density at radius 1 is 1.17 bits per heavy atom. The molecule has 1 N–H and O–H groups in total. The number of anilines is 1. The number of hydrogen-bond donors (Lipinski definition) is 1. The van der Waals surface area contributed by atoms with Gasteiger partial charge in [-0.25, -0.2) is 4.39 Å². The van der Waals surface area contributed by atoms with Crippen molar-refractivity contribution in [2.45, 2.75) is 25.0 Å². The minimum atomic E-state index is -0.326. The Morgan fingerprint density at radius 3 is 2.91 bits per heavy atom. The van der Waals surface area contributed by atoms with Crippen molar-refractivity contribution < 1.29 is 13.5 Å². The van der Waals surface area contributed by atoms with E-state index in [0.29, 0.717) is 17.1 Å². The molecular weight excluding hydrogens is 297 g/mol. The largest absolute Gasteiger partial charge is 0.424 e. The van der Waals surface area contributed by atoms with E-state index in [1.54, 1.807) is 18.5 Å². The molecule has 1 saturated heterocycles. The molecule has 2 aromatic heterocycles. The Kier molecular flexibility index (Phi) is 3.67. The fourth-order valence-electron chi connectivity index (χ4n) is 2.93. The Balaban J connectivity index is 1.59. The molecule has 5 nitrogen and oxygen atoms in total. The lowest BCUT2D eigenvalue weighted by atomic mass is 9.97. The second kappa shape index (κ2) is 5.96. The van der Waals surface area contributed by atoms with Gasteiger partial charge < -0.3 is 14.5 Å². The van der Waals surface area contributed by atoms with E-state index in [4.69, 9.17) is 9.15 Å². The zero-order chi connectivity index (χ0) is 15.6. The highest BCUT2D eigenvalue weighted by Gasteiger charge is 2.28. The van der Waals surface area contributed by atoms with Crippen LogP contribution in [0.4, 0.5) is 10.4 Å². The third-order valence-electron chi connectivity index (χ3n) is 4.02. The molecule has 0 radical (unpaired) electrons. The van der Waals surface area contributed by atoms with E-state index in [-0.39, 0.29) is 18.0 Å². The fraction of sp³-hybridized carbons (Fsp3) is 0.294. The summed E-state index contributed by atoms with van der Waals surface area (Å²) in [5, 5.41) is 3.29. The first-order chi connectivity index (χ1) is 11.3. The Morgan fingerprint density at radius 2 is 2.04 bits per heavy atom. The number of ether oxygens (including phenoxy) is 1. The van der Waals surface area contributed by atoms with E-state index in [1.165, 1.54) is 12.1 Å². The highest BCUT2D eigenvalue weighted by atomic mass is 19.1. The summed E-state index contributed by atoms with van der Waals surface area (Å²) in [5.74, 6) is -0.326. The Labute approximate surface area is 132 Å². The van der Waals surface area contributed by atoms with Gasteiger partial charge >= 0.3 is 0 Å². The van der Waals surface area contributed by atoms with E-state index in [0.717, 1.165) is 25.0 Å². The van der Waals surface area contributed by atoms with Crippen molar-refractivity contribution in [1.82, 2.24) is 9.97 Å². The molecule has 3 aromatic rings. The van der Waals surface area contributed by atoms with E-state index in [2.05, 4.69) is 15.3 Å². The molecule has 1 fully saturated rings. The number of nitrogens with zero attached hydrogens (tertiary/aromatic N) is 2. The minimum Gasteiger partial charge on any atom is -0.424 e. The molecule has 118 valence electrons. The topological polar surface area (TPSA) is 60.2 Å². The predicted octanol–water partition coefficient (Wildman–Crippen LogP) is 3.69. The van der Waals surface area contributed by atoms with Gasteiger partial charge in [0.15, 0.2) is 5.58 Å². The zero-order valence-electron chi connectivity index (χ0n) is 12.4. The number of fused-ring (bicyclic) bond motifs is 1. The summed E-state index contributed by atoms with van der Waals surface area (Å²) in [4.78, 5) is 8.35. The first kappa shape index (κ1) is 14.1. The molecule has 1 aliphatic heterocycles. The van der Waals surface area contributed by atoms with Gasteiger partial charge in [0.2, 0.25) is 0 Å². The molecule has 1 aliphatic rings. The molecule has 0 saturated carbocycles. The average Bonchev–Trinajstić information content (AvgIpc) is 2.97. The molecule has 0 spiro atoms. The van der Waals surface area contributed by atoms with Crippen LogP contribution in [0.5, 0.6) is 0 Å². The van der Waals surface area contributed by atoms with Crippen molar-refractivity contribution >= 4 is 17.1 Å². The lowest BCUT2D eigenvalue weighted by Gasteiger charge is -2.32. The van der Waals surface area contributed by atoms with Gasteiger partial charge in [-0.1, -0.05) is 0 Å². The number of benzene rings is 1. The van der Waals surface area contributed by atoms with Gasteiger partial charge in [0.25, 0.3) is 6.01 Å². The molecule has 0 amide bonds. The standard InChI is InChI=1S/C17H16FN3O2/c18-12-3-4-15-14(10-12)21-17(23-15)20-13-2-1-9-22-16(13)11-5-7-19-8-6-11/h3-8,10,13,16H,1-2,9H2,(H,20,21)/t13-,16+/m0/s1. The maximum atomic E-state index is 13.3. The third-order valence-corrected chi connectivity index (χ3v) is 4.02. The number of pyridine rings is 1. The van der Waals surface area contributed by atoms with E-state index in [9.17, 15) is 4.39 Å². The average molecular weight is 313 g/mol. The van der Waals surface area contributed by atoms with Crippen LogP contribution < -0.4 is 5.32 Å². The summed E-state index contributed by atoms with van der Waals surface area (Å²) in [6.07, 6.45) is 5.34. The van der Waals surface area contributed by atoms with Crippen LogP contribution in [0, 0.1) is 5.82 Å². The van der Waals surface area contributed by atoms with Gasteiger partial charge in [-0.05, 0) is 42.7 Å². The molecule has 4 rings (SSSR count). The minimum absolute atomic E-state index is 0.0454. The number of aromatic nitrogens is 2. The van der Waals surface area contributed by atoms with E-state index in [1.807, 2.05) is 12.1 Å². The van der Waals surface area contributed by atoms with Gasteiger partial charge in [0.05, 0.1) is 6.04 Å². The van der Waals surface area contributed by atoms with Crippen molar-refractivity contribution in [3.8, 4) is 0 Å². The maximum Gasteiger partial charge on any atom is 0.296 e. The lowest BCUT2D eigenvalue weighted by Crippen LogP contribution is -2.33. The molecule has 23 heavy (non-hydrogen) atoms. The molecular formula is C17H16FN3O2. The second-order valence-corrected chi connectivity index (χ2v) is 5.60. The van der Waals surface area contributed by atoms with Gasteiger partial charge in [0, 0.05) is 25.1 Å². The van der Waals surface area contributed by atoms with E-state index < -0.39 is 0 Å². The summed E-state index contributed by atoms with van der Waals surface area (Å²) in [5.41, 5.74) is 2.13. The third kappa shape index (κ3) is 2.90. The van der Waals surface area contributed by atoms with Crippen LogP contribution >= 0.6 is 0 Å². The predicted molar refractivity (Wildman–Crippen MR) is 83.5 cm³/mol. The molecule has 2 atom stereocenters. The normalized spacial score (nSPS) is 21.4. The highest BCUT2D eigenvalue weighted by Crippen LogP contribution is 2.31. The van der Waals surface area contributed by atoms with Gasteiger partial charge in [0.1, 0.15) is 17.4 Å². The number of halogens is 1. The fourth-order valence-corrected chi connectivity index (χ4v) is 2.93. The molecule has 0 aliphatic carbocycles. The number of nitrogens with one attached hydrogen (secondary N) is 1. The number of rotatable bonds is 3. The quantitative estimate of drug-likeness (QED) is 0.799. The summed E-state index contributed by atoms with van der Waals surface area (Å²) in [6, 6.07) is 8.64. The van der Waals surface area contributed by atoms with E-state index >= 15 is 0 Å². The van der Waals surface area contributed by atoms with Crippen LogP contribution in [0.2, 0.25) is 0 Å². The highest BCUT2D eigenvalue weighted by molar-refractivity contribution is 5.74. The SMILES string of the molecule is Fc1ccc2oc(N[C@H]3CCCO[C@@H]3c3ccncc3)nc2c1. The van der Waals surface area contributed by atoms with Crippen LogP contribution in [0.25, 0.3) is 11.1 Å². The monoisotopic (exact) mass is 313 g/mol. The number of hydrogen-bond acceptors (Lipinski definition) is 5. The summed E-state index contributed by atoms with van der Waals surface area (Å²) in [7, 11) is 0. The molecule has 0 bridgehead atoms. The maximum absolute atomic E-state index is 13.3. The number of oxazole rings is 1. The van der Waals surface area contributed by atoms with Crippen LogP contribution in [0.15, 0.2) is 47.1 Å². The first-order valence-corrected chi connectivity index (χ1v) is 7.64. The molecule has 0 unspecified atom stereocenters. The van der Waals surface area contributed by atoms with Gasteiger partial charge in [-0.3, -0.25) is 4.98 Å². The van der Waals surface area contributed by atoms with Crippen molar-refractivity contribution in [3.05, 3.63) is 54.1 Å². The van der Waals surface area contributed by atoms with Crippen LogP contribution in [-0.2, 0) is 4.74 Å². The Bertz CT molecular complexity index is 806. The van der Waals surface area contributed by atoms with Crippen LogP contribution in [0.3, 0.4) is 0 Å². The molecule has 6 heteroatoms. The van der Waals surface area contributed by atoms with Gasteiger partial charge in [-0.15, -0.1) is 0 Å². The smallest absolute Gasteiger partial charge is 0.296 e. The van der Waals surface area contributed by atoms with Crippen LogP contribution in [0.1, 0.15) is 24.5 Å². The Hall–Kier alpha value is -2.47. The second-order valence-electron chi connectivity index (χ2n) is 5.60. The molecule has 3 heterocycles. The van der Waals surface area contributed by atoms with Gasteiger partial charge in [-0.2, -0.15) is 4.98 Å². The summed E-state index contributed by atoms with van der Waals surface area (Å²) in [6.45, 7) is 0.726. The van der Waals surface area contributed by atoms with Crippen LogP contribution in [-0.4, -0.2) is 22.6 Å². The molecule has 1 aromatic carbocycles. The zero-order valence-corrected chi connectivity index (χ0v) is 12.4. The summed E-state index contributed by atoms with van der Waals surface area (Å²) >= 11 is 0. The van der Waals surface area contributed by atoms with Crippen molar-refractivity contribution in [2.75, 3.05) is 11.9 Å². The van der Waals surface area contributed by atoms with Crippen molar-refractivity contribution in [2.24, 2.45) is 0 Å². The first-order valence-electron chi connectivity index (χ1n) is 7.64.